The predicted octanol–water partition coefficient (Wildman–Crippen LogP) is 1.92. The number of morpholine rings is 1. The lowest BCUT2D eigenvalue weighted by Crippen LogP contribution is -2.54. The van der Waals surface area contributed by atoms with Gasteiger partial charge in [-0.3, -0.25) is 14.4 Å². The van der Waals surface area contributed by atoms with Gasteiger partial charge in [-0.25, -0.2) is 8.42 Å². The Bertz CT molecular complexity index is 1240. The normalized spacial score (nSPS) is 20.9. The average molecular weight is 650 g/mol. The lowest BCUT2D eigenvalue weighted by molar-refractivity contribution is -0.137. The van der Waals surface area contributed by atoms with Crippen molar-refractivity contribution in [1.82, 2.24) is 15.5 Å². The summed E-state index contributed by atoms with van der Waals surface area (Å²) in [5, 5.41) is 27.0. The number of nitrogens with zero attached hydrogens (tertiary/aromatic N) is 1. The van der Waals surface area contributed by atoms with Crippen LogP contribution in [0.15, 0.2) is 30.3 Å². The topological polar surface area (TPSA) is 162 Å². The fraction of sp³-hybridized carbons (Fsp3) is 0.727. The van der Waals surface area contributed by atoms with Crippen LogP contribution in [0.2, 0.25) is 0 Å². The second kappa shape index (κ2) is 15.8. The van der Waals surface area contributed by atoms with Crippen LogP contribution in [-0.4, -0.2) is 103 Å². The molecule has 0 radical (unpaired) electrons. The van der Waals surface area contributed by atoms with Crippen molar-refractivity contribution in [2.24, 2.45) is 11.8 Å². The van der Waals surface area contributed by atoms with E-state index in [2.05, 4.69) is 10.6 Å². The molecule has 2 aliphatic carbocycles. The van der Waals surface area contributed by atoms with Gasteiger partial charge in [0.15, 0.2) is 9.84 Å². The van der Waals surface area contributed by atoms with Gasteiger partial charge in [0, 0.05) is 25.4 Å². The van der Waals surface area contributed by atoms with Gasteiger partial charge < -0.3 is 30.5 Å². The summed E-state index contributed by atoms with van der Waals surface area (Å²) in [6, 6.07) is 8.19. The Labute approximate surface area is 267 Å². The van der Waals surface area contributed by atoms with Crippen molar-refractivity contribution in [3.63, 3.8) is 0 Å². The molecular weight excluding hydrogens is 598 g/mol. The molecule has 4 unspecified atom stereocenters. The molecule has 1 heterocycles. The van der Waals surface area contributed by atoms with E-state index in [1.54, 1.807) is 30.3 Å². The average Bonchev–Trinajstić information content (AvgIpc) is 3.89. The molecule has 3 fully saturated rings. The van der Waals surface area contributed by atoms with E-state index >= 15 is 0 Å². The molecule has 0 spiro atoms. The Morgan fingerprint density at radius 2 is 1.62 bits per heavy atom. The van der Waals surface area contributed by atoms with Gasteiger partial charge in [-0.15, -0.1) is 0 Å². The van der Waals surface area contributed by atoms with Gasteiger partial charge in [-0.2, -0.15) is 0 Å². The number of hydrogen-bond donors (Lipinski definition) is 4. The van der Waals surface area contributed by atoms with Gasteiger partial charge in [0.2, 0.25) is 17.7 Å². The van der Waals surface area contributed by atoms with Crippen LogP contribution >= 0.6 is 0 Å². The van der Waals surface area contributed by atoms with Crippen molar-refractivity contribution in [1.29, 1.82) is 0 Å². The zero-order chi connectivity index (χ0) is 32.6. The number of amides is 3. The minimum absolute atomic E-state index is 0.0470. The molecule has 252 valence electrons. The Morgan fingerprint density at radius 1 is 0.978 bits per heavy atom. The molecule has 0 aromatic heterocycles. The van der Waals surface area contributed by atoms with Crippen LogP contribution in [0.25, 0.3) is 0 Å². The predicted molar refractivity (Wildman–Crippen MR) is 170 cm³/mol. The van der Waals surface area contributed by atoms with E-state index in [0.717, 1.165) is 38.5 Å². The number of aliphatic hydroxyl groups is 2. The van der Waals surface area contributed by atoms with Gasteiger partial charge in [0.1, 0.15) is 10.9 Å². The number of rotatable bonds is 15. The van der Waals surface area contributed by atoms with Crippen molar-refractivity contribution >= 4 is 27.6 Å². The van der Waals surface area contributed by atoms with Gasteiger partial charge in [0.05, 0.1) is 37.7 Å². The first-order valence-corrected chi connectivity index (χ1v) is 18.1. The van der Waals surface area contributed by atoms with Gasteiger partial charge in [0.25, 0.3) is 0 Å². The van der Waals surface area contributed by atoms with Gasteiger partial charge in [-0.05, 0) is 50.5 Å². The minimum Gasteiger partial charge on any atom is -0.390 e. The van der Waals surface area contributed by atoms with Crippen LogP contribution in [0.3, 0.4) is 0 Å². The Balaban J connectivity index is 1.38. The summed E-state index contributed by atoms with van der Waals surface area (Å²) < 4.78 is 31.0. The van der Waals surface area contributed by atoms with E-state index in [0.29, 0.717) is 44.2 Å². The van der Waals surface area contributed by atoms with E-state index in [-0.39, 0.29) is 18.9 Å². The third kappa shape index (κ3) is 9.73. The number of benzene rings is 1. The molecule has 1 aromatic carbocycles. The lowest BCUT2D eigenvalue weighted by Gasteiger charge is -2.34. The second-order valence-electron chi connectivity index (χ2n) is 13.5. The Morgan fingerprint density at radius 3 is 2.24 bits per heavy atom. The first-order valence-electron chi connectivity index (χ1n) is 16.5. The maximum atomic E-state index is 13.7. The second-order valence-corrected chi connectivity index (χ2v) is 16.1. The van der Waals surface area contributed by atoms with E-state index in [1.807, 2.05) is 0 Å². The van der Waals surface area contributed by atoms with Crippen LogP contribution in [-0.2, 0) is 29.0 Å². The maximum absolute atomic E-state index is 13.7. The van der Waals surface area contributed by atoms with E-state index in [4.69, 9.17) is 4.74 Å². The summed E-state index contributed by atoms with van der Waals surface area (Å²) >= 11 is 0. The van der Waals surface area contributed by atoms with Crippen LogP contribution in [0.5, 0.6) is 0 Å². The van der Waals surface area contributed by atoms with E-state index < -0.39 is 62.2 Å². The molecule has 11 nitrogen and oxygen atoms in total. The summed E-state index contributed by atoms with van der Waals surface area (Å²) in [6.45, 7) is 3.82. The molecule has 4 rings (SSSR count). The monoisotopic (exact) mass is 649 g/mol. The number of nitrogens with one attached hydrogen (secondary N) is 2. The SMILES string of the molecule is CC(C)(C(=O)N1CCOCC1)S(=O)(=O)CC(CC(=O)NCC(=O)NC(CC1CCCCC1)C(O)C(O)C1CC1)c1ccccc1. The van der Waals surface area contributed by atoms with Crippen LogP contribution in [0.4, 0.5) is 0 Å². The molecule has 1 aromatic rings. The Kier molecular flexibility index (Phi) is 12.4. The van der Waals surface area contributed by atoms with Crippen molar-refractivity contribution in [2.75, 3.05) is 38.6 Å². The highest BCUT2D eigenvalue weighted by Gasteiger charge is 2.45. The quantitative estimate of drug-likeness (QED) is 0.224. The van der Waals surface area contributed by atoms with Gasteiger partial charge >= 0.3 is 0 Å². The number of sulfone groups is 1. The molecule has 3 aliphatic rings. The Hall–Kier alpha value is -2.54. The summed E-state index contributed by atoms with van der Waals surface area (Å²) in [5.74, 6) is -2.24. The molecule has 4 atom stereocenters. The van der Waals surface area contributed by atoms with Crippen LogP contribution in [0.1, 0.15) is 83.1 Å². The smallest absolute Gasteiger partial charge is 0.243 e. The molecule has 1 saturated heterocycles. The molecule has 45 heavy (non-hydrogen) atoms. The number of carbonyl (C=O) groups is 3. The zero-order valence-electron chi connectivity index (χ0n) is 26.7. The molecule has 3 amide bonds. The first kappa shape index (κ1) is 35.3. The number of carbonyl (C=O) groups excluding carboxylic acids is 3. The van der Waals surface area contributed by atoms with Crippen molar-refractivity contribution in [3.8, 4) is 0 Å². The molecular formula is C33H51N3O8S. The lowest BCUT2D eigenvalue weighted by atomic mass is 9.82. The standard InChI is InChI=1S/C33H51N3O8S/c1-33(2,32(41)36-15-17-44-18-16-36)45(42,43)22-26(24-11-7-4-8-12-24)20-28(37)34-21-29(38)35-27(19-23-9-5-3-6-10-23)31(40)30(39)25-13-14-25/h4,7-8,11-12,23,25-27,30-31,39-40H,3,5-6,9-10,13-22H2,1-2H3,(H,34,37)(H,35,38). The summed E-state index contributed by atoms with van der Waals surface area (Å²) in [5.41, 5.74) is 0.639. The largest absolute Gasteiger partial charge is 0.390 e. The zero-order valence-corrected chi connectivity index (χ0v) is 27.5. The molecule has 4 N–H and O–H groups in total. The molecule has 12 heteroatoms. The summed E-state index contributed by atoms with van der Waals surface area (Å²) in [4.78, 5) is 40.9. The fourth-order valence-electron chi connectivity index (χ4n) is 6.50. The molecule has 2 saturated carbocycles. The molecule has 0 bridgehead atoms. The number of hydrogen-bond acceptors (Lipinski definition) is 8. The van der Waals surface area contributed by atoms with Crippen molar-refractivity contribution < 1.29 is 37.8 Å². The molecule has 1 aliphatic heterocycles. The summed E-state index contributed by atoms with van der Waals surface area (Å²) in [7, 11) is -4.03. The highest BCUT2D eigenvalue weighted by molar-refractivity contribution is 7.93. The fourth-order valence-corrected chi connectivity index (χ4v) is 8.16. The summed E-state index contributed by atoms with van der Waals surface area (Å²) in [6.07, 6.45) is 5.53. The van der Waals surface area contributed by atoms with Crippen molar-refractivity contribution in [2.45, 2.75) is 101 Å². The number of ether oxygens (including phenoxy) is 1. The maximum Gasteiger partial charge on any atom is 0.243 e. The van der Waals surface area contributed by atoms with E-state index in [9.17, 15) is 33.0 Å². The number of aliphatic hydroxyl groups excluding tert-OH is 2. The van der Waals surface area contributed by atoms with Crippen molar-refractivity contribution in [3.05, 3.63) is 35.9 Å². The third-order valence-corrected chi connectivity index (χ3v) is 12.3. The highest BCUT2D eigenvalue weighted by atomic mass is 32.2. The first-order chi connectivity index (χ1) is 21.4. The highest BCUT2D eigenvalue weighted by Crippen LogP contribution is 2.36. The minimum atomic E-state index is -4.03. The van der Waals surface area contributed by atoms with Gasteiger partial charge in [-0.1, -0.05) is 62.4 Å². The van der Waals surface area contributed by atoms with Crippen LogP contribution in [0, 0.1) is 11.8 Å². The van der Waals surface area contributed by atoms with E-state index in [1.165, 1.54) is 25.2 Å². The third-order valence-electron chi connectivity index (χ3n) is 9.69. The van der Waals surface area contributed by atoms with Crippen LogP contribution < -0.4 is 10.6 Å².